The summed E-state index contributed by atoms with van der Waals surface area (Å²) in [5.74, 6) is 1.64. The lowest BCUT2D eigenvalue weighted by molar-refractivity contribution is -0.120. The summed E-state index contributed by atoms with van der Waals surface area (Å²) < 4.78 is 34.7. The van der Waals surface area contributed by atoms with Gasteiger partial charge in [0, 0.05) is 14.1 Å². The van der Waals surface area contributed by atoms with Crippen molar-refractivity contribution >= 4 is 15.6 Å². The molecule has 2 aliphatic rings. The van der Waals surface area contributed by atoms with Gasteiger partial charge in [-0.25, -0.2) is 8.42 Å². The molecule has 0 bridgehead atoms. The number of benzene rings is 3. The van der Waals surface area contributed by atoms with E-state index in [-0.39, 0.29) is 14.0 Å². The van der Waals surface area contributed by atoms with Crippen LogP contribution in [0.15, 0.2) is 65.6 Å². The number of carbonyl (C=O) groups is 1. The third-order valence-corrected chi connectivity index (χ3v) is 7.55. The van der Waals surface area contributed by atoms with E-state index in [4.69, 9.17) is 9.47 Å². The van der Waals surface area contributed by atoms with Crippen LogP contribution in [0.2, 0.25) is 0 Å². The van der Waals surface area contributed by atoms with Crippen LogP contribution in [0, 0.1) is 6.92 Å². The largest absolute Gasteiger partial charge is 0.454 e. The highest BCUT2D eigenvalue weighted by molar-refractivity contribution is 7.90. The lowest BCUT2D eigenvalue weighted by atomic mass is 9.87. The van der Waals surface area contributed by atoms with E-state index in [0.717, 1.165) is 46.4 Å². The van der Waals surface area contributed by atoms with Crippen molar-refractivity contribution in [3.8, 4) is 22.6 Å². The van der Waals surface area contributed by atoms with Crippen LogP contribution < -0.4 is 9.47 Å². The van der Waals surface area contributed by atoms with Crippen molar-refractivity contribution in [3.05, 3.63) is 77.4 Å². The molecule has 0 aromatic heterocycles. The van der Waals surface area contributed by atoms with Gasteiger partial charge in [0.25, 0.3) is 0 Å². The number of ketones is 1. The van der Waals surface area contributed by atoms with E-state index in [0.29, 0.717) is 17.1 Å². The minimum absolute atomic E-state index is 0. The number of aryl methyl sites for hydroxylation is 1. The average molecular weight is 451 g/mol. The first kappa shape index (κ1) is 20.8. The van der Waals surface area contributed by atoms with Gasteiger partial charge >= 0.3 is 0 Å². The standard InChI is InChI=1S/C26H24O5S.H2/c1-17-12-18(6-8-22(17)19-4-3-5-21(14-19)32(2,28)29)13-25(27)26(10-11-26)20-7-9-23-24(15-20)31-16-30-23;/h3-9,12,14-15H,10-11,13,16H2,1-2H3;1H. The highest BCUT2D eigenvalue weighted by Crippen LogP contribution is 2.51. The Bertz CT molecular complexity index is 1340. The molecule has 1 heterocycles. The molecule has 0 unspecified atom stereocenters. The molecule has 1 aliphatic heterocycles. The van der Waals surface area contributed by atoms with Crippen molar-refractivity contribution in [1.82, 2.24) is 0 Å². The molecule has 0 N–H and O–H groups in total. The third kappa shape index (κ3) is 3.69. The molecule has 3 aromatic rings. The molecule has 166 valence electrons. The Labute approximate surface area is 189 Å². The second-order valence-corrected chi connectivity index (χ2v) is 10.7. The van der Waals surface area contributed by atoms with Crippen molar-refractivity contribution in [3.63, 3.8) is 0 Å². The fourth-order valence-corrected chi connectivity index (χ4v) is 5.12. The van der Waals surface area contributed by atoms with Crippen LogP contribution in [0.4, 0.5) is 0 Å². The zero-order valence-corrected chi connectivity index (χ0v) is 18.9. The van der Waals surface area contributed by atoms with E-state index in [1.54, 1.807) is 18.2 Å². The Kier molecular flexibility index (Phi) is 4.86. The van der Waals surface area contributed by atoms with Gasteiger partial charge in [0.15, 0.2) is 21.3 Å². The zero-order valence-electron chi connectivity index (χ0n) is 18.1. The molecule has 0 saturated heterocycles. The maximum absolute atomic E-state index is 13.3. The van der Waals surface area contributed by atoms with E-state index in [2.05, 4.69) is 0 Å². The summed E-state index contributed by atoms with van der Waals surface area (Å²) in [7, 11) is -3.27. The normalized spacial score (nSPS) is 16.1. The predicted octanol–water partition coefficient (Wildman–Crippen LogP) is 4.88. The number of sulfone groups is 1. The van der Waals surface area contributed by atoms with Gasteiger partial charge in [-0.3, -0.25) is 4.79 Å². The van der Waals surface area contributed by atoms with E-state index in [1.165, 1.54) is 6.26 Å². The Morgan fingerprint density at radius 1 is 1.00 bits per heavy atom. The summed E-state index contributed by atoms with van der Waals surface area (Å²) in [6.07, 6.45) is 3.27. The van der Waals surface area contributed by atoms with Gasteiger partial charge in [-0.2, -0.15) is 0 Å². The SMILES string of the molecule is Cc1cc(CC(=O)C2(c3ccc4c(c3)OCO4)CC2)ccc1-c1cccc(S(C)(=O)=O)c1.[HH]. The fraction of sp³-hybridized carbons (Fsp3) is 0.269. The number of ether oxygens (including phenoxy) is 2. The van der Waals surface area contributed by atoms with Gasteiger partial charge in [0.05, 0.1) is 10.3 Å². The summed E-state index contributed by atoms with van der Waals surface area (Å²) >= 11 is 0. The lowest BCUT2D eigenvalue weighted by Crippen LogP contribution is -2.22. The van der Waals surface area contributed by atoms with Crippen molar-refractivity contribution in [2.75, 3.05) is 13.0 Å². The highest BCUT2D eigenvalue weighted by atomic mass is 32.2. The van der Waals surface area contributed by atoms with Gasteiger partial charge in [-0.05, 0) is 71.8 Å². The topological polar surface area (TPSA) is 69.7 Å². The smallest absolute Gasteiger partial charge is 0.231 e. The molecule has 5 nitrogen and oxygen atoms in total. The predicted molar refractivity (Wildman–Crippen MR) is 124 cm³/mol. The minimum Gasteiger partial charge on any atom is -0.454 e. The number of carbonyl (C=O) groups excluding carboxylic acids is 1. The summed E-state index contributed by atoms with van der Waals surface area (Å²) in [5, 5.41) is 0. The zero-order chi connectivity index (χ0) is 22.5. The molecule has 32 heavy (non-hydrogen) atoms. The Balaban J connectivity index is 0.00000259. The maximum Gasteiger partial charge on any atom is 0.231 e. The van der Waals surface area contributed by atoms with E-state index in [9.17, 15) is 13.2 Å². The summed E-state index contributed by atoms with van der Waals surface area (Å²) in [5.41, 5.74) is 4.34. The van der Waals surface area contributed by atoms with Gasteiger partial charge < -0.3 is 9.47 Å². The Morgan fingerprint density at radius 3 is 2.50 bits per heavy atom. The number of rotatable bonds is 6. The van der Waals surface area contributed by atoms with Crippen LogP contribution in [0.5, 0.6) is 11.5 Å². The Morgan fingerprint density at radius 2 is 1.78 bits per heavy atom. The monoisotopic (exact) mass is 450 g/mol. The van der Waals surface area contributed by atoms with Crippen molar-refractivity contribution < 1.29 is 24.1 Å². The molecule has 5 rings (SSSR count). The fourth-order valence-electron chi connectivity index (χ4n) is 4.46. The quantitative estimate of drug-likeness (QED) is 0.535. The second-order valence-electron chi connectivity index (χ2n) is 8.70. The summed E-state index contributed by atoms with van der Waals surface area (Å²) in [4.78, 5) is 13.6. The molecule has 0 spiro atoms. The van der Waals surface area contributed by atoms with Crippen molar-refractivity contribution in [1.29, 1.82) is 0 Å². The summed E-state index contributed by atoms with van der Waals surface area (Å²) in [6, 6.07) is 18.7. The molecule has 3 aromatic carbocycles. The van der Waals surface area contributed by atoms with Gasteiger partial charge in [-0.15, -0.1) is 0 Å². The second kappa shape index (κ2) is 7.48. The minimum atomic E-state index is -3.27. The van der Waals surface area contributed by atoms with Crippen molar-refractivity contribution in [2.45, 2.75) is 36.5 Å². The number of hydrogen-bond acceptors (Lipinski definition) is 5. The Hall–Kier alpha value is -3.12. The van der Waals surface area contributed by atoms with E-state index in [1.807, 2.05) is 49.4 Å². The molecule has 0 atom stereocenters. The number of Topliss-reactive ketones (excluding diaryl/α,β-unsaturated/α-hetero) is 1. The van der Waals surface area contributed by atoms with Gasteiger partial charge in [0.1, 0.15) is 5.78 Å². The summed E-state index contributed by atoms with van der Waals surface area (Å²) in [6.45, 7) is 2.21. The first-order valence-corrected chi connectivity index (χ1v) is 12.5. The average Bonchev–Trinajstić information content (AvgIpc) is 3.44. The first-order chi connectivity index (χ1) is 15.3. The number of hydrogen-bond donors (Lipinski definition) is 0. The van der Waals surface area contributed by atoms with E-state index >= 15 is 0 Å². The lowest BCUT2D eigenvalue weighted by Gasteiger charge is -2.16. The first-order valence-electron chi connectivity index (χ1n) is 10.6. The van der Waals surface area contributed by atoms with Crippen LogP contribution in [0.25, 0.3) is 11.1 Å². The molecule has 0 radical (unpaired) electrons. The van der Waals surface area contributed by atoms with Crippen LogP contribution in [0.1, 0.15) is 31.0 Å². The molecule has 0 amide bonds. The van der Waals surface area contributed by atoms with Crippen LogP contribution >= 0.6 is 0 Å². The molecule has 1 saturated carbocycles. The molecule has 1 fully saturated rings. The number of fused-ring (bicyclic) bond motifs is 1. The molecular formula is C26H26O5S. The van der Waals surface area contributed by atoms with Gasteiger partial charge in [-0.1, -0.05) is 36.4 Å². The van der Waals surface area contributed by atoms with Gasteiger partial charge in [0.2, 0.25) is 6.79 Å². The van der Waals surface area contributed by atoms with E-state index < -0.39 is 15.3 Å². The molecule has 1 aliphatic carbocycles. The molecule has 6 heteroatoms. The van der Waals surface area contributed by atoms with Crippen molar-refractivity contribution in [2.24, 2.45) is 0 Å². The molecular weight excluding hydrogens is 424 g/mol. The third-order valence-electron chi connectivity index (χ3n) is 6.44. The van der Waals surface area contributed by atoms with Crippen LogP contribution in [-0.4, -0.2) is 27.2 Å². The maximum atomic E-state index is 13.3. The highest BCUT2D eigenvalue weighted by Gasteiger charge is 2.50. The van der Waals surface area contributed by atoms with Crippen LogP contribution in [-0.2, 0) is 26.5 Å². The van der Waals surface area contributed by atoms with Crippen LogP contribution in [0.3, 0.4) is 0 Å².